The maximum absolute atomic E-state index is 12.3. The summed E-state index contributed by atoms with van der Waals surface area (Å²) in [5.41, 5.74) is 0.822. The van der Waals surface area contributed by atoms with E-state index in [0.29, 0.717) is 25.5 Å². The van der Waals surface area contributed by atoms with Crippen molar-refractivity contribution in [3.63, 3.8) is 0 Å². The first kappa shape index (κ1) is 16.1. The van der Waals surface area contributed by atoms with E-state index in [1.54, 1.807) is 17.4 Å². The average molecular weight is 328 g/mol. The van der Waals surface area contributed by atoms with E-state index in [1.165, 1.54) is 0 Å². The predicted molar refractivity (Wildman–Crippen MR) is 85.3 cm³/mol. The number of nitrogens with one attached hydrogen (secondary N) is 1. The molecule has 0 bridgehead atoms. The van der Waals surface area contributed by atoms with Crippen LogP contribution in [0.25, 0.3) is 0 Å². The largest absolute Gasteiger partial charge is 0.348 e. The third-order valence-electron chi connectivity index (χ3n) is 4.12. The number of pyridine rings is 1. The quantitative estimate of drug-likeness (QED) is 0.826. The minimum Gasteiger partial charge on any atom is -0.348 e. The molecule has 1 aliphatic heterocycles. The Morgan fingerprint density at radius 3 is 3.04 bits per heavy atom. The Kier molecular flexibility index (Phi) is 4.83. The molecule has 3 heterocycles. The van der Waals surface area contributed by atoms with Gasteiger partial charge in [-0.15, -0.1) is 10.2 Å². The summed E-state index contributed by atoms with van der Waals surface area (Å²) in [6.45, 7) is 3.91. The Bertz CT molecular complexity index is 714. The van der Waals surface area contributed by atoms with Crippen molar-refractivity contribution >= 4 is 11.8 Å². The fourth-order valence-electron chi connectivity index (χ4n) is 2.78. The Labute approximate surface area is 139 Å². The van der Waals surface area contributed by atoms with Gasteiger partial charge in [-0.05, 0) is 19.1 Å². The molecule has 0 spiro atoms. The number of hydrogen-bond donors (Lipinski definition) is 1. The summed E-state index contributed by atoms with van der Waals surface area (Å²) in [5, 5.41) is 10.7. The van der Waals surface area contributed by atoms with Crippen molar-refractivity contribution in [2.75, 3.05) is 6.54 Å². The van der Waals surface area contributed by atoms with Gasteiger partial charge < -0.3 is 14.8 Å². The number of carbonyl (C=O) groups excluding carboxylic acids is 2. The van der Waals surface area contributed by atoms with Crippen molar-refractivity contribution in [2.24, 2.45) is 5.92 Å². The van der Waals surface area contributed by atoms with E-state index in [-0.39, 0.29) is 24.2 Å². The highest BCUT2D eigenvalue weighted by Crippen LogP contribution is 2.20. The van der Waals surface area contributed by atoms with Gasteiger partial charge in [0.15, 0.2) is 5.82 Å². The molecule has 2 amide bonds. The first-order chi connectivity index (χ1) is 11.7. The zero-order valence-corrected chi connectivity index (χ0v) is 13.6. The lowest BCUT2D eigenvalue weighted by molar-refractivity contribution is -0.129. The van der Waals surface area contributed by atoms with Gasteiger partial charge in [0, 0.05) is 25.7 Å². The molecule has 0 radical (unpaired) electrons. The lowest BCUT2D eigenvalue weighted by Crippen LogP contribution is -2.33. The lowest BCUT2D eigenvalue weighted by Gasteiger charge is -2.16. The van der Waals surface area contributed by atoms with Crippen LogP contribution in [0, 0.1) is 5.92 Å². The molecule has 8 heteroatoms. The van der Waals surface area contributed by atoms with E-state index < -0.39 is 0 Å². The molecule has 2 aromatic heterocycles. The van der Waals surface area contributed by atoms with Gasteiger partial charge >= 0.3 is 0 Å². The van der Waals surface area contributed by atoms with E-state index in [4.69, 9.17) is 0 Å². The van der Waals surface area contributed by atoms with Crippen LogP contribution in [0.1, 0.15) is 24.9 Å². The van der Waals surface area contributed by atoms with E-state index in [9.17, 15) is 9.59 Å². The summed E-state index contributed by atoms with van der Waals surface area (Å²) in [4.78, 5) is 30.3. The molecule has 8 nitrogen and oxygen atoms in total. The van der Waals surface area contributed by atoms with Gasteiger partial charge in [0.25, 0.3) is 0 Å². The zero-order chi connectivity index (χ0) is 16.9. The second kappa shape index (κ2) is 7.20. The van der Waals surface area contributed by atoms with Gasteiger partial charge in [-0.2, -0.15) is 0 Å². The number of aryl methyl sites for hydroxylation is 1. The van der Waals surface area contributed by atoms with Crippen LogP contribution in [0.2, 0.25) is 0 Å². The third-order valence-corrected chi connectivity index (χ3v) is 4.12. The Hall–Kier alpha value is -2.77. The monoisotopic (exact) mass is 328 g/mol. The van der Waals surface area contributed by atoms with Gasteiger partial charge in [-0.25, -0.2) is 0 Å². The van der Waals surface area contributed by atoms with Crippen LogP contribution in [0.15, 0.2) is 30.7 Å². The molecule has 126 valence electrons. The second-order valence-corrected chi connectivity index (χ2v) is 5.75. The summed E-state index contributed by atoms with van der Waals surface area (Å²) < 4.78 is 1.87. The topological polar surface area (TPSA) is 93.0 Å². The molecular weight excluding hydrogens is 308 g/mol. The predicted octanol–water partition coefficient (Wildman–Crippen LogP) is 0.358. The number of rotatable bonds is 6. The lowest BCUT2D eigenvalue weighted by atomic mass is 10.1. The molecule has 1 N–H and O–H groups in total. The minimum absolute atomic E-state index is 0.0162. The molecule has 1 unspecified atom stereocenters. The third kappa shape index (κ3) is 3.58. The van der Waals surface area contributed by atoms with E-state index >= 15 is 0 Å². The average Bonchev–Trinajstić information content (AvgIpc) is 3.20. The van der Waals surface area contributed by atoms with Crippen LogP contribution in [0.3, 0.4) is 0 Å². The smallest absolute Gasteiger partial charge is 0.225 e. The molecule has 1 atom stereocenters. The number of carbonyl (C=O) groups is 2. The standard InChI is InChI=1S/C16H20N6O2/c1-2-21-11-19-20-14(21)8-18-16(24)12-7-15(23)22(9-12)10-13-5-3-4-6-17-13/h3-6,11-12H,2,7-10H2,1H3,(H,18,24). The maximum Gasteiger partial charge on any atom is 0.225 e. The summed E-state index contributed by atoms with van der Waals surface area (Å²) in [6, 6.07) is 5.59. The highest BCUT2D eigenvalue weighted by molar-refractivity contribution is 5.89. The normalized spacial score (nSPS) is 17.3. The Balaban J connectivity index is 1.54. The van der Waals surface area contributed by atoms with Crippen molar-refractivity contribution in [3.8, 4) is 0 Å². The highest BCUT2D eigenvalue weighted by Gasteiger charge is 2.34. The molecule has 2 aromatic rings. The van der Waals surface area contributed by atoms with E-state index in [0.717, 1.165) is 12.2 Å². The van der Waals surface area contributed by atoms with Crippen LogP contribution in [0.5, 0.6) is 0 Å². The summed E-state index contributed by atoms with van der Waals surface area (Å²) in [5.74, 6) is 0.231. The summed E-state index contributed by atoms with van der Waals surface area (Å²) >= 11 is 0. The van der Waals surface area contributed by atoms with Crippen LogP contribution >= 0.6 is 0 Å². The van der Waals surface area contributed by atoms with Crippen LogP contribution in [-0.2, 0) is 29.2 Å². The van der Waals surface area contributed by atoms with Gasteiger partial charge in [-0.1, -0.05) is 6.07 Å². The number of aromatic nitrogens is 4. The van der Waals surface area contributed by atoms with Crippen molar-refractivity contribution in [3.05, 3.63) is 42.2 Å². The van der Waals surface area contributed by atoms with Gasteiger partial charge in [0.1, 0.15) is 6.33 Å². The molecule has 0 aromatic carbocycles. The van der Waals surface area contributed by atoms with Gasteiger partial charge in [-0.3, -0.25) is 14.6 Å². The van der Waals surface area contributed by atoms with E-state index in [1.807, 2.05) is 29.7 Å². The fraction of sp³-hybridized carbons (Fsp3) is 0.438. The summed E-state index contributed by atoms with van der Waals surface area (Å²) in [6.07, 6.45) is 3.57. The Morgan fingerprint density at radius 2 is 2.29 bits per heavy atom. The summed E-state index contributed by atoms with van der Waals surface area (Å²) in [7, 11) is 0. The number of nitrogens with zero attached hydrogens (tertiary/aromatic N) is 5. The zero-order valence-electron chi connectivity index (χ0n) is 13.6. The Morgan fingerprint density at radius 1 is 1.42 bits per heavy atom. The molecule has 1 saturated heterocycles. The molecule has 1 aliphatic rings. The van der Waals surface area contributed by atoms with Crippen LogP contribution < -0.4 is 5.32 Å². The van der Waals surface area contributed by atoms with Gasteiger partial charge in [0.2, 0.25) is 11.8 Å². The van der Waals surface area contributed by atoms with Crippen molar-refractivity contribution in [2.45, 2.75) is 33.0 Å². The van der Waals surface area contributed by atoms with Crippen LogP contribution in [0.4, 0.5) is 0 Å². The first-order valence-electron chi connectivity index (χ1n) is 7.99. The number of likely N-dealkylation sites (tertiary alicyclic amines) is 1. The molecule has 0 saturated carbocycles. The minimum atomic E-state index is -0.334. The first-order valence-corrected chi connectivity index (χ1v) is 7.99. The molecule has 3 rings (SSSR count). The second-order valence-electron chi connectivity index (χ2n) is 5.75. The molecule has 1 fully saturated rings. The molecule has 0 aliphatic carbocycles. The van der Waals surface area contributed by atoms with E-state index in [2.05, 4.69) is 20.5 Å². The highest BCUT2D eigenvalue weighted by atomic mass is 16.2. The fourth-order valence-corrected chi connectivity index (χ4v) is 2.78. The van der Waals surface area contributed by atoms with Crippen LogP contribution in [-0.4, -0.2) is 43.0 Å². The molecule has 24 heavy (non-hydrogen) atoms. The number of hydrogen-bond acceptors (Lipinski definition) is 5. The van der Waals surface area contributed by atoms with Crippen molar-refractivity contribution < 1.29 is 9.59 Å². The molecular formula is C16H20N6O2. The van der Waals surface area contributed by atoms with Crippen molar-refractivity contribution in [1.29, 1.82) is 0 Å². The maximum atomic E-state index is 12.3. The SMILES string of the molecule is CCn1cnnc1CNC(=O)C1CC(=O)N(Cc2ccccn2)C1. The van der Waals surface area contributed by atoms with Crippen molar-refractivity contribution in [1.82, 2.24) is 30.0 Å². The van der Waals surface area contributed by atoms with Gasteiger partial charge in [0.05, 0.1) is 24.7 Å². The number of amides is 2.